The largest absolute Gasteiger partial charge is 0.496 e. The minimum Gasteiger partial charge on any atom is -0.496 e. The van der Waals surface area contributed by atoms with Crippen LogP contribution in [0.15, 0.2) is 42.5 Å². The van der Waals surface area contributed by atoms with Crippen LogP contribution in [0.2, 0.25) is 0 Å². The van der Waals surface area contributed by atoms with Gasteiger partial charge in [-0.1, -0.05) is 24.3 Å². The van der Waals surface area contributed by atoms with Crippen LogP contribution in [0, 0.1) is 6.92 Å². The van der Waals surface area contributed by atoms with Crippen molar-refractivity contribution in [2.24, 2.45) is 0 Å². The zero-order valence-electron chi connectivity index (χ0n) is 15.6. The number of methoxy groups -OCH3 is 1. The van der Waals surface area contributed by atoms with E-state index in [9.17, 15) is 0 Å². The lowest BCUT2D eigenvalue weighted by Gasteiger charge is -2.24. The Morgan fingerprint density at radius 2 is 1.96 bits per heavy atom. The highest BCUT2D eigenvalue weighted by Gasteiger charge is 2.17. The number of nitrogens with zero attached hydrogens (tertiary/aromatic N) is 6. The van der Waals surface area contributed by atoms with Gasteiger partial charge < -0.3 is 4.74 Å². The molecule has 0 fully saturated rings. The molecule has 3 aromatic rings. The summed E-state index contributed by atoms with van der Waals surface area (Å²) in [5.41, 5.74) is 2.12. The van der Waals surface area contributed by atoms with E-state index in [1.165, 1.54) is 5.56 Å². The number of aryl methyl sites for hydroxylation is 1. The van der Waals surface area contributed by atoms with E-state index in [-0.39, 0.29) is 0 Å². The number of pyridine rings is 1. The van der Waals surface area contributed by atoms with Gasteiger partial charge in [-0.3, -0.25) is 4.90 Å². The summed E-state index contributed by atoms with van der Waals surface area (Å²) in [6, 6.07) is 14.2. The van der Waals surface area contributed by atoms with Crippen molar-refractivity contribution >= 4 is 0 Å². The van der Waals surface area contributed by atoms with Crippen LogP contribution in [-0.4, -0.2) is 50.3 Å². The first kappa shape index (κ1) is 18.0. The molecule has 0 N–H and O–H groups in total. The van der Waals surface area contributed by atoms with Gasteiger partial charge in [0, 0.05) is 11.7 Å². The van der Waals surface area contributed by atoms with Crippen LogP contribution in [-0.2, 0) is 13.0 Å². The molecule has 0 aliphatic carbocycles. The molecule has 0 saturated carbocycles. The lowest BCUT2D eigenvalue weighted by atomic mass is 10.1. The maximum Gasteiger partial charge on any atom is 0.172 e. The number of tetrazole rings is 1. The van der Waals surface area contributed by atoms with Crippen molar-refractivity contribution < 1.29 is 4.74 Å². The third kappa shape index (κ3) is 4.05. The number of aromatic nitrogens is 5. The van der Waals surface area contributed by atoms with Gasteiger partial charge in [0.25, 0.3) is 0 Å². The van der Waals surface area contributed by atoms with Crippen LogP contribution in [0.25, 0.3) is 5.82 Å². The number of para-hydroxylation sites is 1. The van der Waals surface area contributed by atoms with Gasteiger partial charge in [0.2, 0.25) is 0 Å². The van der Waals surface area contributed by atoms with E-state index >= 15 is 0 Å². The van der Waals surface area contributed by atoms with E-state index < -0.39 is 0 Å². The minimum atomic E-state index is 0.293. The average Bonchev–Trinajstić information content (AvgIpc) is 3.10. The molecule has 1 atom stereocenters. The summed E-state index contributed by atoms with van der Waals surface area (Å²) in [4.78, 5) is 6.73. The molecule has 0 aliphatic heterocycles. The fourth-order valence-electron chi connectivity index (χ4n) is 2.85. The first-order chi connectivity index (χ1) is 12.6. The zero-order chi connectivity index (χ0) is 18.5. The first-order valence-electron chi connectivity index (χ1n) is 8.62. The number of ether oxygens (including phenoxy) is 1. The molecule has 26 heavy (non-hydrogen) atoms. The fraction of sp³-hybridized carbons (Fsp3) is 0.368. The Labute approximate surface area is 153 Å². The maximum atomic E-state index is 5.46. The zero-order valence-corrected chi connectivity index (χ0v) is 15.6. The fourth-order valence-corrected chi connectivity index (χ4v) is 2.85. The normalized spacial score (nSPS) is 12.3. The van der Waals surface area contributed by atoms with Gasteiger partial charge in [-0.05, 0) is 61.5 Å². The van der Waals surface area contributed by atoms with E-state index in [4.69, 9.17) is 4.74 Å². The third-order valence-electron chi connectivity index (χ3n) is 4.48. The van der Waals surface area contributed by atoms with Crippen molar-refractivity contribution in [3.05, 3.63) is 59.5 Å². The Hall–Kier alpha value is -2.80. The Kier molecular flexibility index (Phi) is 5.58. The molecule has 7 nitrogen and oxygen atoms in total. The topological polar surface area (TPSA) is 69.0 Å². The number of likely N-dealkylation sites (N-methyl/N-ethyl adjacent to an activating group) is 1. The predicted molar refractivity (Wildman–Crippen MR) is 99.3 cm³/mol. The first-order valence-corrected chi connectivity index (χ1v) is 8.62. The molecule has 136 valence electrons. The van der Waals surface area contributed by atoms with Crippen molar-refractivity contribution in [2.75, 3.05) is 14.2 Å². The molecule has 1 unspecified atom stereocenters. The summed E-state index contributed by atoms with van der Waals surface area (Å²) in [5, 5.41) is 12.1. The second kappa shape index (κ2) is 8.05. The van der Waals surface area contributed by atoms with Crippen LogP contribution in [0.4, 0.5) is 0 Å². The van der Waals surface area contributed by atoms with Gasteiger partial charge in [-0.15, -0.1) is 5.10 Å². The second-order valence-corrected chi connectivity index (χ2v) is 6.42. The van der Waals surface area contributed by atoms with Gasteiger partial charge in [0.15, 0.2) is 11.6 Å². The number of benzene rings is 1. The Morgan fingerprint density at radius 3 is 2.73 bits per heavy atom. The molecule has 2 heterocycles. The monoisotopic (exact) mass is 352 g/mol. The summed E-state index contributed by atoms with van der Waals surface area (Å²) in [7, 11) is 3.78. The highest BCUT2D eigenvalue weighted by Crippen LogP contribution is 2.20. The Morgan fingerprint density at radius 1 is 1.15 bits per heavy atom. The number of hydrogen-bond donors (Lipinski definition) is 0. The van der Waals surface area contributed by atoms with Crippen LogP contribution in [0.3, 0.4) is 0 Å². The van der Waals surface area contributed by atoms with E-state index in [0.717, 1.165) is 29.5 Å². The lowest BCUT2D eigenvalue weighted by Crippen LogP contribution is -2.31. The van der Waals surface area contributed by atoms with Crippen molar-refractivity contribution in [1.29, 1.82) is 0 Å². The predicted octanol–water partition coefficient (Wildman–Crippen LogP) is 2.44. The molecule has 0 saturated heterocycles. The average molecular weight is 352 g/mol. The summed E-state index contributed by atoms with van der Waals surface area (Å²) in [6.45, 7) is 4.76. The standard InChI is InChI=1S/C19H24N6O/c1-14-8-7-11-18(20-14)25-19(21-22-23-25)13-24(3)15(2)12-16-9-5-6-10-17(16)26-4/h5-11,15H,12-13H2,1-4H3. The molecular weight excluding hydrogens is 328 g/mol. The highest BCUT2D eigenvalue weighted by molar-refractivity contribution is 5.33. The highest BCUT2D eigenvalue weighted by atomic mass is 16.5. The third-order valence-corrected chi connectivity index (χ3v) is 4.48. The van der Waals surface area contributed by atoms with Crippen molar-refractivity contribution in [3.8, 4) is 11.6 Å². The SMILES string of the molecule is COc1ccccc1CC(C)N(C)Cc1nnnn1-c1cccc(C)n1. The molecule has 3 rings (SSSR count). The van der Waals surface area contributed by atoms with E-state index in [1.54, 1.807) is 11.8 Å². The Bertz CT molecular complexity index is 862. The van der Waals surface area contributed by atoms with Crippen LogP contribution >= 0.6 is 0 Å². The van der Waals surface area contributed by atoms with E-state index in [0.29, 0.717) is 12.6 Å². The summed E-state index contributed by atoms with van der Waals surface area (Å²) in [6.07, 6.45) is 0.880. The molecule has 1 aromatic carbocycles. The van der Waals surface area contributed by atoms with Crippen molar-refractivity contribution in [2.45, 2.75) is 32.9 Å². The quantitative estimate of drug-likeness (QED) is 0.650. The summed E-state index contributed by atoms with van der Waals surface area (Å²) < 4.78 is 7.15. The molecule has 7 heteroatoms. The molecule has 0 spiro atoms. The van der Waals surface area contributed by atoms with E-state index in [2.05, 4.69) is 45.4 Å². The van der Waals surface area contributed by atoms with Crippen LogP contribution < -0.4 is 4.74 Å². The van der Waals surface area contributed by atoms with Crippen molar-refractivity contribution in [3.63, 3.8) is 0 Å². The van der Waals surface area contributed by atoms with Crippen molar-refractivity contribution in [1.82, 2.24) is 30.1 Å². The number of hydrogen-bond acceptors (Lipinski definition) is 6. The van der Waals surface area contributed by atoms with Gasteiger partial charge in [-0.2, -0.15) is 4.68 Å². The molecule has 0 aliphatic rings. The lowest BCUT2D eigenvalue weighted by molar-refractivity contribution is 0.238. The molecule has 0 bridgehead atoms. The maximum absolute atomic E-state index is 5.46. The van der Waals surface area contributed by atoms with Crippen LogP contribution in [0.5, 0.6) is 5.75 Å². The van der Waals surface area contributed by atoms with E-state index in [1.807, 2.05) is 43.3 Å². The van der Waals surface area contributed by atoms with Gasteiger partial charge in [0.05, 0.1) is 13.7 Å². The molecule has 2 aromatic heterocycles. The molecular formula is C19H24N6O. The summed E-state index contributed by atoms with van der Waals surface area (Å²) in [5.74, 6) is 2.41. The molecule has 0 radical (unpaired) electrons. The summed E-state index contributed by atoms with van der Waals surface area (Å²) >= 11 is 0. The molecule has 0 amide bonds. The number of rotatable bonds is 7. The van der Waals surface area contributed by atoms with Gasteiger partial charge in [0.1, 0.15) is 5.75 Å². The van der Waals surface area contributed by atoms with Gasteiger partial charge in [-0.25, -0.2) is 4.98 Å². The smallest absolute Gasteiger partial charge is 0.172 e. The Balaban J connectivity index is 1.72. The van der Waals surface area contributed by atoms with Crippen LogP contribution in [0.1, 0.15) is 24.0 Å². The van der Waals surface area contributed by atoms with Gasteiger partial charge >= 0.3 is 0 Å². The minimum absolute atomic E-state index is 0.293. The second-order valence-electron chi connectivity index (χ2n) is 6.42.